The van der Waals surface area contributed by atoms with Gasteiger partial charge in [0.2, 0.25) is 5.91 Å². The average Bonchev–Trinajstić information content (AvgIpc) is 3.04. The van der Waals surface area contributed by atoms with Crippen molar-refractivity contribution in [2.24, 2.45) is 5.92 Å². The van der Waals surface area contributed by atoms with Gasteiger partial charge in [0, 0.05) is 4.88 Å². The van der Waals surface area contributed by atoms with Crippen LogP contribution in [0.5, 0.6) is 0 Å². The minimum absolute atomic E-state index is 0.0841. The Hall–Kier alpha value is -1.93. The first-order chi connectivity index (χ1) is 12.5. The van der Waals surface area contributed by atoms with E-state index >= 15 is 0 Å². The number of nitrogens with zero attached hydrogens (tertiary/aromatic N) is 1. The summed E-state index contributed by atoms with van der Waals surface area (Å²) in [5, 5.41) is 3.38. The standard InChI is InChI=1S/C18H26N2O5S/c1-4-13-10-14(18(23)25-5-2)16(26-13)19-15(21)11-20-8-6-12(7-9-20)17(22)24-3/h10,12H,4-9,11H2,1-3H3,(H,19,21). The van der Waals surface area contributed by atoms with Gasteiger partial charge in [0.1, 0.15) is 5.00 Å². The maximum atomic E-state index is 12.4. The number of carbonyl (C=O) groups excluding carboxylic acids is 3. The van der Waals surface area contributed by atoms with E-state index in [-0.39, 0.29) is 24.3 Å². The van der Waals surface area contributed by atoms with E-state index in [0.717, 1.165) is 11.3 Å². The van der Waals surface area contributed by atoms with Crippen molar-refractivity contribution in [3.8, 4) is 0 Å². The summed E-state index contributed by atoms with van der Waals surface area (Å²) in [4.78, 5) is 39.0. The monoisotopic (exact) mass is 382 g/mol. The van der Waals surface area contributed by atoms with Crippen LogP contribution in [-0.2, 0) is 25.5 Å². The van der Waals surface area contributed by atoms with Crippen LogP contribution >= 0.6 is 11.3 Å². The van der Waals surface area contributed by atoms with E-state index in [0.29, 0.717) is 43.1 Å². The van der Waals surface area contributed by atoms with E-state index in [1.807, 2.05) is 11.8 Å². The maximum Gasteiger partial charge on any atom is 0.341 e. The molecule has 0 aliphatic carbocycles. The lowest BCUT2D eigenvalue weighted by atomic mass is 9.97. The number of likely N-dealkylation sites (tertiary alicyclic amines) is 1. The molecule has 1 amide bonds. The molecule has 0 spiro atoms. The van der Waals surface area contributed by atoms with Gasteiger partial charge in [-0.05, 0) is 45.3 Å². The molecule has 0 atom stereocenters. The Morgan fingerprint density at radius 1 is 1.27 bits per heavy atom. The molecule has 0 radical (unpaired) electrons. The molecule has 7 nitrogen and oxygen atoms in total. The number of thiophene rings is 1. The fraction of sp³-hybridized carbons (Fsp3) is 0.611. The van der Waals surface area contributed by atoms with Gasteiger partial charge in [-0.1, -0.05) is 6.92 Å². The van der Waals surface area contributed by atoms with Crippen LogP contribution in [0.1, 0.15) is 41.9 Å². The summed E-state index contributed by atoms with van der Waals surface area (Å²) >= 11 is 1.40. The Balaban J connectivity index is 1.93. The van der Waals surface area contributed by atoms with Crippen molar-refractivity contribution < 1.29 is 23.9 Å². The van der Waals surface area contributed by atoms with Gasteiger partial charge in [0.05, 0.1) is 31.7 Å². The summed E-state index contributed by atoms with van der Waals surface area (Å²) in [5.41, 5.74) is 0.409. The Bertz CT molecular complexity index is 650. The Kier molecular flexibility index (Phi) is 7.59. The van der Waals surface area contributed by atoms with Crippen molar-refractivity contribution in [3.63, 3.8) is 0 Å². The fourth-order valence-electron chi connectivity index (χ4n) is 2.93. The molecule has 1 fully saturated rings. The molecule has 1 aliphatic heterocycles. The molecule has 2 rings (SSSR count). The second kappa shape index (κ2) is 9.68. The number of methoxy groups -OCH3 is 1. The predicted octanol–water partition coefficient (Wildman–Crippen LogP) is 2.31. The first kappa shape index (κ1) is 20.4. The van der Waals surface area contributed by atoms with Crippen LogP contribution in [0, 0.1) is 5.92 Å². The van der Waals surface area contributed by atoms with Crippen LogP contribution in [0.25, 0.3) is 0 Å². The molecular formula is C18H26N2O5S. The Morgan fingerprint density at radius 2 is 1.96 bits per heavy atom. The van der Waals surface area contributed by atoms with E-state index in [4.69, 9.17) is 9.47 Å². The van der Waals surface area contributed by atoms with Gasteiger partial charge in [0.15, 0.2) is 0 Å². The largest absolute Gasteiger partial charge is 0.469 e. The lowest BCUT2D eigenvalue weighted by Crippen LogP contribution is -2.41. The van der Waals surface area contributed by atoms with E-state index < -0.39 is 5.97 Å². The molecule has 0 aromatic carbocycles. The summed E-state index contributed by atoms with van der Waals surface area (Å²) in [7, 11) is 1.40. The molecule has 1 aromatic heterocycles. The molecule has 0 bridgehead atoms. The Morgan fingerprint density at radius 3 is 2.54 bits per heavy atom. The Labute approximate surface area is 157 Å². The van der Waals surface area contributed by atoms with Gasteiger partial charge in [-0.25, -0.2) is 4.79 Å². The van der Waals surface area contributed by atoms with Crippen molar-refractivity contribution in [1.29, 1.82) is 0 Å². The fourth-order valence-corrected chi connectivity index (χ4v) is 3.93. The van der Waals surface area contributed by atoms with E-state index in [9.17, 15) is 14.4 Å². The molecule has 26 heavy (non-hydrogen) atoms. The topological polar surface area (TPSA) is 84.9 Å². The molecule has 1 saturated heterocycles. The SMILES string of the molecule is CCOC(=O)c1cc(CC)sc1NC(=O)CN1CCC(C(=O)OC)CC1. The van der Waals surface area contributed by atoms with Crippen molar-refractivity contribution in [3.05, 3.63) is 16.5 Å². The smallest absolute Gasteiger partial charge is 0.341 e. The predicted molar refractivity (Wildman–Crippen MR) is 99.5 cm³/mol. The van der Waals surface area contributed by atoms with Crippen molar-refractivity contribution >= 4 is 34.2 Å². The van der Waals surface area contributed by atoms with Gasteiger partial charge in [-0.2, -0.15) is 0 Å². The maximum absolute atomic E-state index is 12.4. The van der Waals surface area contributed by atoms with E-state index in [1.54, 1.807) is 13.0 Å². The minimum atomic E-state index is -0.419. The number of anilines is 1. The number of rotatable bonds is 7. The third-order valence-electron chi connectivity index (χ3n) is 4.37. The van der Waals surface area contributed by atoms with Gasteiger partial charge in [0.25, 0.3) is 0 Å². The summed E-state index contributed by atoms with van der Waals surface area (Å²) in [6.07, 6.45) is 2.16. The number of hydrogen-bond donors (Lipinski definition) is 1. The van der Waals surface area contributed by atoms with E-state index in [2.05, 4.69) is 5.32 Å². The molecule has 1 aromatic rings. The number of piperidine rings is 1. The molecule has 0 saturated carbocycles. The number of nitrogens with one attached hydrogen (secondary N) is 1. The zero-order chi connectivity index (χ0) is 19.1. The molecule has 8 heteroatoms. The van der Waals surface area contributed by atoms with Crippen LogP contribution in [0.3, 0.4) is 0 Å². The van der Waals surface area contributed by atoms with E-state index in [1.165, 1.54) is 18.4 Å². The second-order valence-corrected chi connectivity index (χ2v) is 7.29. The first-order valence-electron chi connectivity index (χ1n) is 8.88. The molecular weight excluding hydrogens is 356 g/mol. The number of aryl methyl sites for hydroxylation is 1. The van der Waals surface area contributed by atoms with Crippen molar-refractivity contribution in [1.82, 2.24) is 4.90 Å². The highest BCUT2D eigenvalue weighted by Crippen LogP contribution is 2.29. The van der Waals surface area contributed by atoms with Crippen LogP contribution in [0.2, 0.25) is 0 Å². The third kappa shape index (κ3) is 5.28. The minimum Gasteiger partial charge on any atom is -0.469 e. The third-order valence-corrected chi connectivity index (χ3v) is 5.56. The van der Waals surface area contributed by atoms with Gasteiger partial charge < -0.3 is 14.8 Å². The highest BCUT2D eigenvalue weighted by molar-refractivity contribution is 7.16. The van der Waals surface area contributed by atoms with Gasteiger partial charge in [-0.15, -0.1) is 11.3 Å². The quantitative estimate of drug-likeness (QED) is 0.729. The molecule has 0 unspecified atom stereocenters. The lowest BCUT2D eigenvalue weighted by molar-refractivity contribution is -0.147. The number of ether oxygens (including phenoxy) is 2. The van der Waals surface area contributed by atoms with Crippen LogP contribution in [-0.4, -0.2) is 56.1 Å². The van der Waals surface area contributed by atoms with Gasteiger partial charge in [-0.3, -0.25) is 14.5 Å². The molecule has 2 heterocycles. The second-order valence-electron chi connectivity index (χ2n) is 6.15. The normalized spacial score (nSPS) is 15.5. The summed E-state index contributed by atoms with van der Waals surface area (Å²) in [6.45, 7) is 5.61. The number of esters is 2. The molecule has 1 aliphatic rings. The number of amides is 1. The highest BCUT2D eigenvalue weighted by Gasteiger charge is 2.27. The van der Waals surface area contributed by atoms with Crippen LogP contribution < -0.4 is 5.32 Å². The van der Waals surface area contributed by atoms with Crippen molar-refractivity contribution in [2.45, 2.75) is 33.1 Å². The zero-order valence-corrected chi connectivity index (χ0v) is 16.3. The van der Waals surface area contributed by atoms with Gasteiger partial charge >= 0.3 is 11.9 Å². The number of hydrogen-bond acceptors (Lipinski definition) is 7. The summed E-state index contributed by atoms with van der Waals surface area (Å²) in [6, 6.07) is 1.78. The number of carbonyl (C=O) groups is 3. The highest BCUT2D eigenvalue weighted by atomic mass is 32.1. The van der Waals surface area contributed by atoms with Crippen LogP contribution in [0.15, 0.2) is 6.07 Å². The summed E-state index contributed by atoms with van der Waals surface area (Å²) in [5.74, 6) is -0.854. The lowest BCUT2D eigenvalue weighted by Gasteiger charge is -2.29. The average molecular weight is 382 g/mol. The molecule has 1 N–H and O–H groups in total. The van der Waals surface area contributed by atoms with Crippen molar-refractivity contribution in [2.75, 3.05) is 38.7 Å². The summed E-state index contributed by atoms with van der Waals surface area (Å²) < 4.78 is 9.84. The van der Waals surface area contributed by atoms with Crippen LogP contribution in [0.4, 0.5) is 5.00 Å². The zero-order valence-electron chi connectivity index (χ0n) is 15.5. The molecule has 144 valence electrons. The first-order valence-corrected chi connectivity index (χ1v) is 9.69.